The lowest BCUT2D eigenvalue weighted by Crippen LogP contribution is -2.41. The van der Waals surface area contributed by atoms with Crippen molar-refractivity contribution in [1.29, 1.82) is 0 Å². The van der Waals surface area contributed by atoms with E-state index in [1.165, 1.54) is 12.8 Å². The van der Waals surface area contributed by atoms with E-state index < -0.39 is 0 Å². The van der Waals surface area contributed by atoms with Crippen molar-refractivity contribution in [3.63, 3.8) is 0 Å². The number of hydrogen-bond donors (Lipinski definition) is 1. The van der Waals surface area contributed by atoms with Gasteiger partial charge < -0.3 is 19.7 Å². The Balaban J connectivity index is 0.00000288. The first-order valence-electron chi connectivity index (χ1n) is 8.47. The van der Waals surface area contributed by atoms with Gasteiger partial charge in [-0.05, 0) is 37.3 Å². The van der Waals surface area contributed by atoms with E-state index >= 15 is 0 Å². The normalized spacial score (nSPS) is 14.0. The monoisotopic (exact) mass is 447 g/mol. The quantitative estimate of drug-likeness (QED) is 0.259. The molecule has 1 fully saturated rings. The summed E-state index contributed by atoms with van der Waals surface area (Å²) in [5.74, 6) is 2.64. The molecule has 0 radical (unpaired) electrons. The Morgan fingerprint density at radius 1 is 1.25 bits per heavy atom. The molecule has 136 valence electrons. The molecule has 1 aliphatic carbocycles. The Labute approximate surface area is 162 Å². The third kappa shape index (κ3) is 8.73. The molecule has 0 spiro atoms. The topological polar surface area (TPSA) is 46.1 Å². The number of halogens is 1. The number of hydrogen-bond acceptors (Lipinski definition) is 3. The van der Waals surface area contributed by atoms with Gasteiger partial charge in [-0.1, -0.05) is 18.2 Å². The molecule has 1 aromatic carbocycles. The van der Waals surface area contributed by atoms with E-state index in [-0.39, 0.29) is 24.0 Å². The third-order valence-electron chi connectivity index (χ3n) is 3.81. The Morgan fingerprint density at radius 2 is 2.00 bits per heavy atom. The van der Waals surface area contributed by atoms with Crippen LogP contribution < -0.4 is 10.1 Å². The van der Waals surface area contributed by atoms with Crippen LogP contribution in [0.2, 0.25) is 0 Å². The summed E-state index contributed by atoms with van der Waals surface area (Å²) in [4.78, 5) is 6.41. The molecule has 6 heteroatoms. The van der Waals surface area contributed by atoms with Crippen LogP contribution in [0.3, 0.4) is 0 Å². The minimum atomic E-state index is 0. The summed E-state index contributed by atoms with van der Waals surface area (Å²) >= 11 is 0. The van der Waals surface area contributed by atoms with Gasteiger partial charge in [0.2, 0.25) is 0 Å². The molecule has 1 aromatic rings. The van der Waals surface area contributed by atoms with Crippen LogP contribution in [0.25, 0.3) is 0 Å². The first-order valence-corrected chi connectivity index (χ1v) is 8.47. The van der Waals surface area contributed by atoms with Crippen molar-refractivity contribution in [1.82, 2.24) is 10.2 Å². The summed E-state index contributed by atoms with van der Waals surface area (Å²) in [6.07, 6.45) is 3.61. The van der Waals surface area contributed by atoms with Crippen molar-refractivity contribution in [3.8, 4) is 5.75 Å². The van der Waals surface area contributed by atoms with Crippen molar-refractivity contribution in [2.24, 2.45) is 10.9 Å². The number of rotatable bonds is 10. The molecule has 0 atom stereocenters. The fourth-order valence-electron chi connectivity index (χ4n) is 2.21. The average Bonchev–Trinajstić information content (AvgIpc) is 3.40. The van der Waals surface area contributed by atoms with Gasteiger partial charge in [0.05, 0.1) is 13.2 Å². The van der Waals surface area contributed by atoms with Crippen LogP contribution in [-0.2, 0) is 4.74 Å². The van der Waals surface area contributed by atoms with Crippen LogP contribution in [0.5, 0.6) is 5.75 Å². The van der Waals surface area contributed by atoms with Crippen molar-refractivity contribution in [2.75, 3.05) is 47.0 Å². The molecule has 0 amide bonds. The van der Waals surface area contributed by atoms with Gasteiger partial charge in [0.1, 0.15) is 5.75 Å². The zero-order chi connectivity index (χ0) is 16.3. The fourth-order valence-corrected chi connectivity index (χ4v) is 2.21. The molecular formula is C18H30IN3O2. The number of para-hydroxylation sites is 1. The maximum absolute atomic E-state index is 5.68. The van der Waals surface area contributed by atoms with Crippen LogP contribution in [-0.4, -0.2) is 57.9 Å². The molecule has 5 nitrogen and oxygen atoms in total. The van der Waals surface area contributed by atoms with E-state index in [0.717, 1.165) is 50.4 Å². The highest BCUT2D eigenvalue weighted by atomic mass is 127. The Morgan fingerprint density at radius 3 is 2.67 bits per heavy atom. The fraction of sp³-hybridized carbons (Fsp3) is 0.611. The average molecular weight is 447 g/mol. The second-order valence-corrected chi connectivity index (χ2v) is 5.93. The number of nitrogens with one attached hydrogen (secondary N) is 1. The summed E-state index contributed by atoms with van der Waals surface area (Å²) in [6, 6.07) is 9.90. The molecule has 1 aliphatic rings. The summed E-state index contributed by atoms with van der Waals surface area (Å²) in [7, 11) is 3.85. The lowest BCUT2D eigenvalue weighted by atomic mass is 10.3. The molecule has 1 N–H and O–H groups in total. The van der Waals surface area contributed by atoms with Crippen LogP contribution in [0.15, 0.2) is 35.3 Å². The summed E-state index contributed by atoms with van der Waals surface area (Å²) < 4.78 is 11.3. The Hall–Kier alpha value is -1.02. The lowest BCUT2D eigenvalue weighted by molar-refractivity contribution is 0.115. The number of likely N-dealkylation sites (N-methyl/N-ethyl adjacent to an activating group) is 1. The predicted molar refractivity (Wildman–Crippen MR) is 110 cm³/mol. The second-order valence-electron chi connectivity index (χ2n) is 5.93. The molecule has 2 rings (SSSR count). The minimum absolute atomic E-state index is 0. The Bertz CT molecular complexity index is 467. The number of nitrogens with zero attached hydrogens (tertiary/aromatic N) is 2. The maximum Gasteiger partial charge on any atom is 0.193 e. The van der Waals surface area contributed by atoms with E-state index in [1.54, 1.807) is 0 Å². The molecule has 0 aromatic heterocycles. The number of benzene rings is 1. The van der Waals surface area contributed by atoms with E-state index in [2.05, 4.69) is 15.2 Å². The van der Waals surface area contributed by atoms with Gasteiger partial charge in [-0.3, -0.25) is 4.99 Å². The van der Waals surface area contributed by atoms with E-state index in [9.17, 15) is 0 Å². The molecule has 24 heavy (non-hydrogen) atoms. The van der Waals surface area contributed by atoms with Crippen molar-refractivity contribution >= 4 is 29.9 Å². The standard InChI is InChI=1S/C18H29N3O2.HI/c1-19-18(21(2)12-14-22-15-16-9-10-16)20-11-6-13-23-17-7-4-3-5-8-17;/h3-5,7-8,16H,6,9-15H2,1-2H3,(H,19,20);1H. The summed E-state index contributed by atoms with van der Waals surface area (Å²) in [5, 5.41) is 3.36. The van der Waals surface area contributed by atoms with Gasteiger partial charge in [-0.15, -0.1) is 24.0 Å². The largest absolute Gasteiger partial charge is 0.494 e. The van der Waals surface area contributed by atoms with Crippen LogP contribution in [0.1, 0.15) is 19.3 Å². The highest BCUT2D eigenvalue weighted by Crippen LogP contribution is 2.28. The SMILES string of the molecule is CN=C(NCCCOc1ccccc1)N(C)CCOCC1CC1.I. The van der Waals surface area contributed by atoms with Crippen LogP contribution >= 0.6 is 24.0 Å². The number of ether oxygens (including phenoxy) is 2. The lowest BCUT2D eigenvalue weighted by Gasteiger charge is -2.22. The minimum Gasteiger partial charge on any atom is -0.494 e. The van der Waals surface area contributed by atoms with Crippen LogP contribution in [0, 0.1) is 5.92 Å². The molecule has 0 saturated heterocycles. The summed E-state index contributed by atoms with van der Waals surface area (Å²) in [5.41, 5.74) is 0. The number of aliphatic imine (C=N–C) groups is 1. The van der Waals surface area contributed by atoms with Crippen molar-refractivity contribution < 1.29 is 9.47 Å². The maximum atomic E-state index is 5.68. The molecule has 1 saturated carbocycles. The Kier molecular flexibility index (Phi) is 10.8. The van der Waals surface area contributed by atoms with Gasteiger partial charge in [0.15, 0.2) is 5.96 Å². The van der Waals surface area contributed by atoms with E-state index in [0.29, 0.717) is 6.61 Å². The van der Waals surface area contributed by atoms with Gasteiger partial charge in [0, 0.05) is 33.8 Å². The van der Waals surface area contributed by atoms with Crippen molar-refractivity contribution in [3.05, 3.63) is 30.3 Å². The third-order valence-corrected chi connectivity index (χ3v) is 3.81. The molecule has 0 bridgehead atoms. The molecule has 0 unspecified atom stereocenters. The van der Waals surface area contributed by atoms with Gasteiger partial charge in [-0.2, -0.15) is 0 Å². The first-order chi connectivity index (χ1) is 11.3. The zero-order valence-electron chi connectivity index (χ0n) is 14.7. The van der Waals surface area contributed by atoms with Crippen molar-refractivity contribution in [2.45, 2.75) is 19.3 Å². The second kappa shape index (κ2) is 12.4. The van der Waals surface area contributed by atoms with Gasteiger partial charge in [-0.25, -0.2) is 0 Å². The number of guanidine groups is 1. The molecular weight excluding hydrogens is 417 g/mol. The van der Waals surface area contributed by atoms with E-state index in [4.69, 9.17) is 9.47 Å². The smallest absolute Gasteiger partial charge is 0.193 e. The highest BCUT2D eigenvalue weighted by molar-refractivity contribution is 14.0. The molecule has 0 heterocycles. The summed E-state index contributed by atoms with van der Waals surface area (Å²) in [6.45, 7) is 4.06. The zero-order valence-corrected chi connectivity index (χ0v) is 17.1. The molecule has 0 aliphatic heterocycles. The van der Waals surface area contributed by atoms with Crippen LogP contribution in [0.4, 0.5) is 0 Å². The van der Waals surface area contributed by atoms with E-state index in [1.807, 2.05) is 44.4 Å². The predicted octanol–water partition coefficient (Wildman–Crippen LogP) is 3.01. The van der Waals surface area contributed by atoms with Gasteiger partial charge in [0.25, 0.3) is 0 Å². The highest BCUT2D eigenvalue weighted by Gasteiger charge is 2.21. The first kappa shape index (κ1) is 21.0. The van der Waals surface area contributed by atoms with Gasteiger partial charge >= 0.3 is 0 Å².